The van der Waals surface area contributed by atoms with Crippen molar-refractivity contribution in [1.82, 2.24) is 25.2 Å². The van der Waals surface area contributed by atoms with E-state index in [1.165, 1.54) is 26.9 Å². The van der Waals surface area contributed by atoms with Gasteiger partial charge in [-0.15, -0.1) is 0 Å². The first-order valence-electron chi connectivity index (χ1n) is 8.69. The van der Waals surface area contributed by atoms with Gasteiger partial charge >= 0.3 is 5.69 Å². The molecule has 1 saturated heterocycles. The SMILES string of the molecule is Cc1nn(-c2ccc(C3CNNC3)cc2)c(=O)n1Cc1cc(F)cc(F)c1. The van der Waals surface area contributed by atoms with E-state index in [4.69, 9.17) is 0 Å². The quantitative estimate of drug-likeness (QED) is 0.735. The Morgan fingerprint density at radius 2 is 1.70 bits per heavy atom. The average Bonchev–Trinajstić information content (AvgIpc) is 3.25. The van der Waals surface area contributed by atoms with Gasteiger partial charge in [-0.05, 0) is 42.3 Å². The summed E-state index contributed by atoms with van der Waals surface area (Å²) in [6.45, 7) is 3.46. The van der Waals surface area contributed by atoms with Gasteiger partial charge in [0, 0.05) is 25.1 Å². The molecule has 0 amide bonds. The zero-order chi connectivity index (χ0) is 19.0. The average molecular weight is 371 g/mol. The van der Waals surface area contributed by atoms with Crippen LogP contribution in [0.3, 0.4) is 0 Å². The summed E-state index contributed by atoms with van der Waals surface area (Å²) in [4.78, 5) is 12.8. The Balaban J connectivity index is 1.63. The third-order valence-electron chi connectivity index (χ3n) is 4.74. The molecule has 140 valence electrons. The number of hydrogen-bond donors (Lipinski definition) is 2. The Morgan fingerprint density at radius 1 is 1.07 bits per heavy atom. The highest BCUT2D eigenvalue weighted by Gasteiger charge is 2.17. The normalized spacial score (nSPS) is 14.8. The summed E-state index contributed by atoms with van der Waals surface area (Å²) < 4.78 is 29.5. The Labute approximate surface area is 154 Å². The van der Waals surface area contributed by atoms with E-state index >= 15 is 0 Å². The first-order chi connectivity index (χ1) is 13.0. The van der Waals surface area contributed by atoms with Crippen LogP contribution in [0.15, 0.2) is 47.3 Å². The van der Waals surface area contributed by atoms with Crippen LogP contribution in [-0.2, 0) is 6.54 Å². The van der Waals surface area contributed by atoms with Gasteiger partial charge in [0.1, 0.15) is 17.5 Å². The summed E-state index contributed by atoms with van der Waals surface area (Å²) in [6.07, 6.45) is 0. The number of nitrogens with one attached hydrogen (secondary N) is 2. The van der Waals surface area contributed by atoms with E-state index in [1.807, 2.05) is 24.3 Å². The van der Waals surface area contributed by atoms with Crippen molar-refractivity contribution in [3.8, 4) is 5.69 Å². The van der Waals surface area contributed by atoms with E-state index in [-0.39, 0.29) is 12.2 Å². The minimum absolute atomic E-state index is 0.0524. The molecule has 4 rings (SSSR count). The molecular formula is C19H19F2N5O. The van der Waals surface area contributed by atoms with Gasteiger partial charge in [-0.3, -0.25) is 15.4 Å². The monoisotopic (exact) mass is 371 g/mol. The van der Waals surface area contributed by atoms with Crippen LogP contribution < -0.4 is 16.5 Å². The second-order valence-electron chi connectivity index (χ2n) is 6.66. The number of benzene rings is 2. The predicted molar refractivity (Wildman–Crippen MR) is 96.8 cm³/mol. The number of halogens is 2. The highest BCUT2D eigenvalue weighted by atomic mass is 19.1. The lowest BCUT2D eigenvalue weighted by Gasteiger charge is -2.08. The van der Waals surface area contributed by atoms with E-state index in [0.29, 0.717) is 23.0 Å². The van der Waals surface area contributed by atoms with Crippen molar-refractivity contribution in [3.05, 3.63) is 81.5 Å². The molecule has 3 aromatic rings. The van der Waals surface area contributed by atoms with Crippen molar-refractivity contribution in [2.24, 2.45) is 0 Å². The Hall–Kier alpha value is -2.84. The number of nitrogens with zero attached hydrogens (tertiary/aromatic N) is 3. The van der Waals surface area contributed by atoms with Crippen molar-refractivity contribution >= 4 is 0 Å². The molecule has 2 N–H and O–H groups in total. The van der Waals surface area contributed by atoms with Crippen molar-refractivity contribution in [2.75, 3.05) is 13.1 Å². The summed E-state index contributed by atoms with van der Waals surface area (Å²) in [5, 5.41) is 4.30. The minimum atomic E-state index is -0.672. The zero-order valence-corrected chi connectivity index (χ0v) is 14.7. The highest BCUT2D eigenvalue weighted by Crippen LogP contribution is 2.18. The second kappa shape index (κ2) is 7.05. The fourth-order valence-electron chi connectivity index (χ4n) is 3.32. The van der Waals surface area contributed by atoms with Crippen molar-refractivity contribution in [2.45, 2.75) is 19.4 Å². The zero-order valence-electron chi connectivity index (χ0n) is 14.7. The van der Waals surface area contributed by atoms with Crippen LogP contribution in [0.5, 0.6) is 0 Å². The first kappa shape index (κ1) is 17.6. The van der Waals surface area contributed by atoms with Crippen LogP contribution in [-0.4, -0.2) is 27.4 Å². The van der Waals surface area contributed by atoms with E-state index < -0.39 is 11.6 Å². The van der Waals surface area contributed by atoms with Crippen LogP contribution >= 0.6 is 0 Å². The van der Waals surface area contributed by atoms with Crippen LogP contribution in [0.25, 0.3) is 5.69 Å². The molecule has 1 aromatic heterocycles. The summed E-state index contributed by atoms with van der Waals surface area (Å²) in [7, 11) is 0. The van der Waals surface area contributed by atoms with Gasteiger partial charge in [0.05, 0.1) is 12.2 Å². The van der Waals surface area contributed by atoms with Gasteiger partial charge in [-0.1, -0.05) is 12.1 Å². The van der Waals surface area contributed by atoms with Crippen LogP contribution in [0, 0.1) is 18.6 Å². The number of hydrogen-bond acceptors (Lipinski definition) is 4. The molecule has 8 heteroatoms. The van der Waals surface area contributed by atoms with E-state index in [2.05, 4.69) is 16.0 Å². The fourth-order valence-corrected chi connectivity index (χ4v) is 3.32. The Morgan fingerprint density at radius 3 is 2.33 bits per heavy atom. The topological polar surface area (TPSA) is 63.9 Å². The van der Waals surface area contributed by atoms with Crippen LogP contribution in [0.2, 0.25) is 0 Å². The molecule has 0 atom stereocenters. The number of aryl methyl sites for hydroxylation is 1. The van der Waals surface area contributed by atoms with Gasteiger partial charge in [0.15, 0.2) is 0 Å². The Bertz CT molecular complexity index is 999. The largest absolute Gasteiger partial charge is 0.351 e. The summed E-state index contributed by atoms with van der Waals surface area (Å²) in [5.74, 6) is -0.486. The smallest absolute Gasteiger partial charge is 0.274 e. The lowest BCUT2D eigenvalue weighted by Crippen LogP contribution is -2.24. The molecule has 0 saturated carbocycles. The molecule has 1 fully saturated rings. The maximum atomic E-state index is 13.4. The van der Waals surface area contributed by atoms with Gasteiger partial charge in [0.25, 0.3) is 0 Å². The molecule has 0 radical (unpaired) electrons. The van der Waals surface area contributed by atoms with Crippen molar-refractivity contribution in [1.29, 1.82) is 0 Å². The molecule has 6 nitrogen and oxygen atoms in total. The third-order valence-corrected chi connectivity index (χ3v) is 4.74. The van der Waals surface area contributed by atoms with Gasteiger partial charge in [-0.25, -0.2) is 13.6 Å². The van der Waals surface area contributed by atoms with Gasteiger partial charge < -0.3 is 0 Å². The molecule has 27 heavy (non-hydrogen) atoms. The van der Waals surface area contributed by atoms with Crippen molar-refractivity contribution < 1.29 is 8.78 Å². The number of rotatable bonds is 4. The summed E-state index contributed by atoms with van der Waals surface area (Å²) >= 11 is 0. The van der Waals surface area contributed by atoms with E-state index in [9.17, 15) is 13.6 Å². The minimum Gasteiger partial charge on any atom is -0.274 e. The summed E-state index contributed by atoms with van der Waals surface area (Å²) in [5.41, 5.74) is 8.03. The molecule has 0 unspecified atom stereocenters. The van der Waals surface area contributed by atoms with Crippen LogP contribution in [0.4, 0.5) is 8.78 Å². The maximum absolute atomic E-state index is 13.4. The molecular weight excluding hydrogens is 352 g/mol. The van der Waals surface area contributed by atoms with Crippen LogP contribution in [0.1, 0.15) is 22.9 Å². The number of aromatic nitrogens is 3. The molecule has 0 bridgehead atoms. The molecule has 2 aromatic carbocycles. The summed E-state index contributed by atoms with van der Waals surface area (Å²) in [6, 6.07) is 10.9. The lowest BCUT2D eigenvalue weighted by atomic mass is 10.0. The fraction of sp³-hybridized carbons (Fsp3) is 0.263. The predicted octanol–water partition coefficient (Wildman–Crippen LogP) is 1.86. The first-order valence-corrected chi connectivity index (χ1v) is 8.69. The van der Waals surface area contributed by atoms with Crippen molar-refractivity contribution in [3.63, 3.8) is 0 Å². The molecule has 1 aliphatic rings. The molecule has 2 heterocycles. The van der Waals surface area contributed by atoms with Gasteiger partial charge in [-0.2, -0.15) is 9.78 Å². The van der Waals surface area contributed by atoms with E-state index in [1.54, 1.807) is 6.92 Å². The third kappa shape index (κ3) is 3.54. The van der Waals surface area contributed by atoms with E-state index in [0.717, 1.165) is 19.2 Å². The standard InChI is InChI=1S/C19H19F2N5O/c1-12-24-26(18-4-2-14(3-5-18)15-9-22-23-10-15)19(27)25(12)11-13-6-16(20)8-17(21)7-13/h2-8,15,22-23H,9-11H2,1H3. The lowest BCUT2D eigenvalue weighted by molar-refractivity contribution is 0.576. The molecule has 0 aliphatic carbocycles. The van der Waals surface area contributed by atoms with Gasteiger partial charge in [0.2, 0.25) is 0 Å². The highest BCUT2D eigenvalue weighted by molar-refractivity contribution is 5.35. The maximum Gasteiger partial charge on any atom is 0.351 e. The molecule has 0 spiro atoms. The number of hydrazine groups is 1. The second-order valence-corrected chi connectivity index (χ2v) is 6.66. The molecule has 1 aliphatic heterocycles. The Kier molecular flexibility index (Phi) is 4.59.